The second-order valence-electron chi connectivity index (χ2n) is 8.74. The Kier molecular flexibility index (Phi) is 5.43. The van der Waals surface area contributed by atoms with Gasteiger partial charge in [-0.3, -0.25) is 24.2 Å². The van der Waals surface area contributed by atoms with Crippen molar-refractivity contribution < 1.29 is 19.1 Å². The number of benzene rings is 2. The zero-order valence-corrected chi connectivity index (χ0v) is 18.2. The lowest BCUT2D eigenvalue weighted by Gasteiger charge is -2.32. The summed E-state index contributed by atoms with van der Waals surface area (Å²) in [5.41, 5.74) is 1.97. The molecule has 7 heteroatoms. The number of methoxy groups -OCH3 is 1. The highest BCUT2D eigenvalue weighted by molar-refractivity contribution is 6.21. The Hall–Kier alpha value is -3.19. The molecule has 0 saturated carbocycles. The highest BCUT2D eigenvalue weighted by Gasteiger charge is 2.37. The quantitative estimate of drug-likeness (QED) is 0.734. The number of nitrogens with zero attached hydrogens (tertiary/aromatic N) is 2. The molecule has 2 saturated heterocycles. The fourth-order valence-corrected chi connectivity index (χ4v) is 5.26. The van der Waals surface area contributed by atoms with Gasteiger partial charge in [0.1, 0.15) is 5.75 Å². The van der Waals surface area contributed by atoms with E-state index in [2.05, 4.69) is 10.2 Å². The molecule has 0 aliphatic carbocycles. The minimum absolute atomic E-state index is 0.108. The molecule has 1 N–H and O–H groups in total. The van der Waals surface area contributed by atoms with Crippen LogP contribution in [0.1, 0.15) is 62.3 Å². The molecular weight excluding hydrogens is 406 g/mol. The third kappa shape index (κ3) is 3.56. The van der Waals surface area contributed by atoms with Crippen molar-refractivity contribution in [3.05, 3.63) is 64.7 Å². The molecule has 7 nitrogen and oxygen atoms in total. The number of amides is 3. The smallest absolute Gasteiger partial charge is 0.261 e. The normalized spacial score (nSPS) is 22.6. The third-order valence-electron chi connectivity index (χ3n) is 6.90. The van der Waals surface area contributed by atoms with Crippen molar-refractivity contribution in [1.82, 2.24) is 15.1 Å². The molecule has 3 amide bonds. The fourth-order valence-electron chi connectivity index (χ4n) is 5.26. The lowest BCUT2D eigenvalue weighted by molar-refractivity contribution is 0.0642. The van der Waals surface area contributed by atoms with Gasteiger partial charge in [-0.25, -0.2) is 0 Å². The van der Waals surface area contributed by atoms with Crippen molar-refractivity contribution in [3.63, 3.8) is 0 Å². The first-order chi connectivity index (χ1) is 15.6. The largest absolute Gasteiger partial charge is 0.496 e. The van der Waals surface area contributed by atoms with Crippen LogP contribution in [0.4, 0.5) is 0 Å². The van der Waals surface area contributed by atoms with E-state index in [0.717, 1.165) is 25.9 Å². The molecule has 166 valence electrons. The number of hydrogen-bond donors (Lipinski definition) is 1. The van der Waals surface area contributed by atoms with Gasteiger partial charge in [0.25, 0.3) is 17.7 Å². The van der Waals surface area contributed by atoms with Crippen LogP contribution in [0.2, 0.25) is 0 Å². The van der Waals surface area contributed by atoms with Crippen molar-refractivity contribution in [2.24, 2.45) is 0 Å². The SMILES string of the molecule is COc1ccc(CN2C(=O)c3ccccc3C2=O)cc1C(=O)N[C@@H]1CCN2CCCC[C@@H]12. The molecule has 0 spiro atoms. The van der Waals surface area contributed by atoms with Crippen LogP contribution in [-0.4, -0.2) is 59.8 Å². The number of fused-ring (bicyclic) bond motifs is 2. The third-order valence-corrected chi connectivity index (χ3v) is 6.90. The minimum Gasteiger partial charge on any atom is -0.496 e. The zero-order valence-electron chi connectivity index (χ0n) is 18.2. The molecule has 0 bridgehead atoms. The van der Waals surface area contributed by atoms with Crippen molar-refractivity contribution in [2.75, 3.05) is 20.2 Å². The van der Waals surface area contributed by atoms with Crippen molar-refractivity contribution in [1.29, 1.82) is 0 Å². The number of nitrogens with one attached hydrogen (secondary N) is 1. The van der Waals surface area contributed by atoms with E-state index in [-0.39, 0.29) is 30.3 Å². The van der Waals surface area contributed by atoms with E-state index in [4.69, 9.17) is 4.74 Å². The molecule has 0 unspecified atom stereocenters. The molecule has 32 heavy (non-hydrogen) atoms. The van der Waals surface area contributed by atoms with E-state index in [1.165, 1.54) is 24.9 Å². The topological polar surface area (TPSA) is 78.9 Å². The van der Waals surface area contributed by atoms with Crippen LogP contribution in [0.25, 0.3) is 0 Å². The summed E-state index contributed by atoms with van der Waals surface area (Å²) in [7, 11) is 1.54. The van der Waals surface area contributed by atoms with Crippen molar-refractivity contribution in [2.45, 2.75) is 44.3 Å². The van der Waals surface area contributed by atoms with Gasteiger partial charge in [-0.2, -0.15) is 0 Å². The van der Waals surface area contributed by atoms with E-state index < -0.39 is 0 Å². The molecular formula is C25H27N3O4. The maximum Gasteiger partial charge on any atom is 0.261 e. The Labute approximate surface area is 187 Å². The summed E-state index contributed by atoms with van der Waals surface area (Å²) in [6.45, 7) is 2.24. The summed E-state index contributed by atoms with van der Waals surface area (Å²) in [6.07, 6.45) is 4.49. The fraction of sp³-hybridized carbons (Fsp3) is 0.400. The maximum atomic E-state index is 13.2. The van der Waals surface area contributed by atoms with Gasteiger partial charge in [-0.15, -0.1) is 0 Å². The number of imide groups is 1. The van der Waals surface area contributed by atoms with Crippen LogP contribution in [0.3, 0.4) is 0 Å². The van der Waals surface area contributed by atoms with Gasteiger partial charge in [-0.1, -0.05) is 24.6 Å². The number of carbonyl (C=O) groups is 3. The van der Waals surface area contributed by atoms with Gasteiger partial charge >= 0.3 is 0 Å². The Morgan fingerprint density at radius 1 is 1.03 bits per heavy atom. The summed E-state index contributed by atoms with van der Waals surface area (Å²) in [5, 5.41) is 3.21. The molecule has 3 heterocycles. The van der Waals surface area contributed by atoms with Gasteiger partial charge in [0.2, 0.25) is 0 Å². The van der Waals surface area contributed by atoms with Crippen molar-refractivity contribution >= 4 is 17.7 Å². The van der Waals surface area contributed by atoms with Crippen molar-refractivity contribution in [3.8, 4) is 5.75 Å². The summed E-state index contributed by atoms with van der Waals surface area (Å²) in [4.78, 5) is 42.3. The van der Waals surface area contributed by atoms with Crippen LogP contribution in [0.5, 0.6) is 5.75 Å². The highest BCUT2D eigenvalue weighted by Crippen LogP contribution is 2.29. The lowest BCUT2D eigenvalue weighted by Crippen LogP contribution is -2.46. The number of ether oxygens (including phenoxy) is 1. The Morgan fingerprint density at radius 2 is 1.78 bits per heavy atom. The Bertz CT molecular complexity index is 1050. The van der Waals surface area contributed by atoms with E-state index >= 15 is 0 Å². The monoisotopic (exact) mass is 433 g/mol. The first-order valence-corrected chi connectivity index (χ1v) is 11.2. The molecule has 2 aromatic rings. The average molecular weight is 434 g/mol. The average Bonchev–Trinajstić information content (AvgIpc) is 3.34. The summed E-state index contributed by atoms with van der Waals surface area (Å²) >= 11 is 0. The number of piperidine rings is 1. The first-order valence-electron chi connectivity index (χ1n) is 11.2. The number of rotatable bonds is 5. The molecule has 2 fully saturated rings. The van der Waals surface area contributed by atoms with Crippen LogP contribution in [0.15, 0.2) is 42.5 Å². The standard InChI is InChI=1S/C25H27N3O4/c1-32-22-10-9-16(15-28-24(30)17-6-2-3-7-18(17)25(28)31)14-19(22)23(29)26-20-11-13-27-12-5-4-8-21(20)27/h2-3,6-7,9-10,14,20-21H,4-5,8,11-13,15H2,1H3,(H,26,29)/t20-,21+/m1/s1. The molecule has 3 aliphatic heterocycles. The maximum absolute atomic E-state index is 13.2. The van der Waals surface area contributed by atoms with Gasteiger partial charge in [0, 0.05) is 18.6 Å². The Balaban J connectivity index is 1.35. The van der Waals surface area contributed by atoms with Crippen LogP contribution in [-0.2, 0) is 6.54 Å². The molecule has 0 radical (unpaired) electrons. The van der Waals surface area contributed by atoms with Gasteiger partial charge < -0.3 is 10.1 Å². The summed E-state index contributed by atoms with van der Waals surface area (Å²) in [5.74, 6) is -0.317. The molecule has 2 aromatic carbocycles. The lowest BCUT2D eigenvalue weighted by atomic mass is 9.98. The number of hydrogen-bond acceptors (Lipinski definition) is 5. The Morgan fingerprint density at radius 3 is 2.50 bits per heavy atom. The number of carbonyl (C=O) groups excluding carboxylic acids is 3. The second kappa shape index (κ2) is 8.39. The minimum atomic E-state index is -0.309. The molecule has 0 aromatic heterocycles. The van der Waals surface area contributed by atoms with E-state index in [1.807, 2.05) is 0 Å². The van der Waals surface area contributed by atoms with E-state index in [9.17, 15) is 14.4 Å². The van der Waals surface area contributed by atoms with Crippen LogP contribution < -0.4 is 10.1 Å². The van der Waals surface area contributed by atoms with Gasteiger partial charge in [0.15, 0.2) is 0 Å². The predicted molar refractivity (Wildman–Crippen MR) is 119 cm³/mol. The van der Waals surface area contributed by atoms with Crippen LogP contribution >= 0.6 is 0 Å². The second-order valence-corrected chi connectivity index (χ2v) is 8.74. The van der Waals surface area contributed by atoms with E-state index in [1.54, 1.807) is 42.5 Å². The predicted octanol–water partition coefficient (Wildman–Crippen LogP) is 2.85. The zero-order chi connectivity index (χ0) is 22.2. The van der Waals surface area contributed by atoms with Crippen LogP contribution in [0, 0.1) is 0 Å². The molecule has 5 rings (SSSR count). The highest BCUT2D eigenvalue weighted by atomic mass is 16.5. The van der Waals surface area contributed by atoms with E-state index in [0.29, 0.717) is 34.0 Å². The van der Waals surface area contributed by atoms with Gasteiger partial charge in [-0.05, 0) is 55.6 Å². The van der Waals surface area contributed by atoms with Gasteiger partial charge in [0.05, 0.1) is 30.3 Å². The molecule has 2 atom stereocenters. The summed E-state index contributed by atoms with van der Waals surface area (Å²) < 4.78 is 5.44. The first kappa shape index (κ1) is 20.7. The summed E-state index contributed by atoms with van der Waals surface area (Å²) in [6, 6.07) is 12.6. The molecule has 3 aliphatic rings.